The van der Waals surface area contributed by atoms with Crippen molar-refractivity contribution in [3.8, 4) is 5.75 Å². The number of thiazole rings is 1. The van der Waals surface area contributed by atoms with E-state index in [1.165, 1.54) is 16.9 Å². The van der Waals surface area contributed by atoms with E-state index in [-0.39, 0.29) is 0 Å². The van der Waals surface area contributed by atoms with E-state index >= 15 is 0 Å². The summed E-state index contributed by atoms with van der Waals surface area (Å²) in [7, 11) is 0. The van der Waals surface area contributed by atoms with Crippen molar-refractivity contribution in [2.24, 2.45) is 0 Å². The number of para-hydroxylation sites is 1. The number of benzene rings is 1. The molecule has 1 aromatic carbocycles. The van der Waals surface area contributed by atoms with Gasteiger partial charge in [0.25, 0.3) is 0 Å². The van der Waals surface area contributed by atoms with Crippen LogP contribution in [0.1, 0.15) is 10.4 Å². The lowest BCUT2D eigenvalue weighted by molar-refractivity contribution is 0.238. The summed E-state index contributed by atoms with van der Waals surface area (Å²) in [5.74, 6) is 1.01. The van der Waals surface area contributed by atoms with Crippen LogP contribution in [0.25, 0.3) is 0 Å². The number of nitrogens with two attached hydrogens (primary N) is 1. The van der Waals surface area contributed by atoms with Crippen LogP contribution in [-0.2, 0) is 13.0 Å². The molecule has 0 fully saturated rings. The molecule has 4 nitrogen and oxygen atoms in total. The Labute approximate surface area is 110 Å². The minimum absolute atomic E-state index is 0.350. The van der Waals surface area contributed by atoms with Crippen LogP contribution in [0.4, 0.5) is 5.13 Å². The first-order valence-electron chi connectivity index (χ1n) is 5.95. The number of hydrogen-bond donors (Lipinski definition) is 2. The molecule has 0 radical (unpaired) electrons. The average Bonchev–Trinajstić information content (AvgIpc) is 2.82. The Bertz CT molecular complexity index is 541. The van der Waals surface area contributed by atoms with Gasteiger partial charge >= 0.3 is 0 Å². The molecule has 0 saturated heterocycles. The Morgan fingerprint density at radius 2 is 2.33 bits per heavy atom. The molecule has 94 valence electrons. The molecule has 1 atom stereocenters. The summed E-state index contributed by atoms with van der Waals surface area (Å²) in [6, 6.07) is 8.55. The highest BCUT2D eigenvalue weighted by Gasteiger charge is 2.18. The maximum absolute atomic E-state index is 5.73. The molecule has 5 heteroatoms. The zero-order chi connectivity index (χ0) is 12.4. The van der Waals surface area contributed by atoms with Gasteiger partial charge in [-0.1, -0.05) is 18.2 Å². The van der Waals surface area contributed by atoms with Gasteiger partial charge < -0.3 is 15.8 Å². The van der Waals surface area contributed by atoms with Crippen molar-refractivity contribution in [1.82, 2.24) is 10.3 Å². The average molecular weight is 261 g/mol. The van der Waals surface area contributed by atoms with E-state index in [9.17, 15) is 0 Å². The molecule has 1 aromatic heterocycles. The van der Waals surface area contributed by atoms with Gasteiger partial charge in [-0.2, -0.15) is 0 Å². The van der Waals surface area contributed by atoms with Crippen molar-refractivity contribution in [3.05, 3.63) is 40.9 Å². The Morgan fingerprint density at radius 1 is 1.44 bits per heavy atom. The Morgan fingerprint density at radius 3 is 3.17 bits per heavy atom. The fraction of sp³-hybridized carbons (Fsp3) is 0.308. The first-order valence-corrected chi connectivity index (χ1v) is 6.77. The Hall–Kier alpha value is -1.59. The van der Waals surface area contributed by atoms with Crippen LogP contribution >= 0.6 is 11.3 Å². The fourth-order valence-corrected chi connectivity index (χ4v) is 2.74. The maximum Gasteiger partial charge on any atom is 0.180 e. The molecule has 0 amide bonds. The summed E-state index contributed by atoms with van der Waals surface area (Å²) in [5, 5.41) is 4.10. The van der Waals surface area contributed by atoms with Crippen LogP contribution in [-0.4, -0.2) is 17.6 Å². The van der Waals surface area contributed by atoms with Crippen LogP contribution in [0.3, 0.4) is 0 Å². The van der Waals surface area contributed by atoms with Gasteiger partial charge in [0.15, 0.2) is 5.13 Å². The molecule has 2 heterocycles. The number of nitrogens with zero attached hydrogens (tertiary/aromatic N) is 1. The van der Waals surface area contributed by atoms with Gasteiger partial charge in [0.2, 0.25) is 0 Å². The number of hydrogen-bond acceptors (Lipinski definition) is 5. The van der Waals surface area contributed by atoms with Crippen molar-refractivity contribution < 1.29 is 4.74 Å². The summed E-state index contributed by atoms with van der Waals surface area (Å²) in [6.45, 7) is 1.51. The smallest absolute Gasteiger partial charge is 0.180 e. The van der Waals surface area contributed by atoms with E-state index in [0.29, 0.717) is 17.8 Å². The molecule has 18 heavy (non-hydrogen) atoms. The molecule has 2 aromatic rings. The largest absolute Gasteiger partial charge is 0.492 e. The third kappa shape index (κ3) is 2.47. The van der Waals surface area contributed by atoms with E-state index < -0.39 is 0 Å². The van der Waals surface area contributed by atoms with E-state index in [0.717, 1.165) is 23.6 Å². The van der Waals surface area contributed by atoms with Gasteiger partial charge in [0, 0.05) is 23.7 Å². The van der Waals surface area contributed by atoms with E-state index in [1.54, 1.807) is 0 Å². The predicted octanol–water partition coefficient (Wildman–Crippen LogP) is 1.82. The zero-order valence-corrected chi connectivity index (χ0v) is 10.7. The van der Waals surface area contributed by atoms with Crippen molar-refractivity contribution in [2.45, 2.75) is 19.0 Å². The zero-order valence-electron chi connectivity index (χ0n) is 9.93. The molecule has 1 aliphatic heterocycles. The lowest BCUT2D eigenvalue weighted by Gasteiger charge is -2.25. The van der Waals surface area contributed by atoms with Crippen LogP contribution in [0, 0.1) is 0 Å². The number of nitrogen functional groups attached to an aromatic ring is 1. The van der Waals surface area contributed by atoms with Gasteiger partial charge in [0.05, 0.1) is 0 Å². The van der Waals surface area contributed by atoms with Gasteiger partial charge in [0.1, 0.15) is 12.4 Å². The lowest BCUT2D eigenvalue weighted by atomic mass is 10.0. The lowest BCUT2D eigenvalue weighted by Crippen LogP contribution is -2.38. The van der Waals surface area contributed by atoms with E-state index in [4.69, 9.17) is 10.5 Å². The monoisotopic (exact) mass is 261 g/mol. The van der Waals surface area contributed by atoms with Crippen molar-refractivity contribution in [2.75, 3.05) is 12.3 Å². The molecule has 0 saturated carbocycles. The normalized spacial score (nSPS) is 18.1. The van der Waals surface area contributed by atoms with Gasteiger partial charge in [-0.25, -0.2) is 4.98 Å². The third-order valence-corrected chi connectivity index (χ3v) is 3.84. The fourth-order valence-electron chi connectivity index (χ4n) is 2.11. The van der Waals surface area contributed by atoms with Gasteiger partial charge in [-0.15, -0.1) is 11.3 Å². The Kier molecular flexibility index (Phi) is 3.17. The van der Waals surface area contributed by atoms with Crippen molar-refractivity contribution >= 4 is 16.5 Å². The summed E-state index contributed by atoms with van der Waals surface area (Å²) >= 11 is 1.53. The minimum Gasteiger partial charge on any atom is -0.492 e. The first-order chi connectivity index (χ1) is 8.81. The number of aromatic nitrogens is 1. The molecule has 0 bridgehead atoms. The molecule has 1 unspecified atom stereocenters. The number of ether oxygens (including phenoxy) is 1. The predicted molar refractivity (Wildman–Crippen MR) is 72.8 cm³/mol. The minimum atomic E-state index is 0.350. The molecule has 3 N–H and O–H groups in total. The quantitative estimate of drug-likeness (QED) is 0.884. The highest BCUT2D eigenvalue weighted by atomic mass is 32.1. The molecule has 0 aliphatic carbocycles. The first kappa shape index (κ1) is 11.5. The maximum atomic E-state index is 5.73. The molecular weight excluding hydrogens is 246 g/mol. The summed E-state index contributed by atoms with van der Waals surface area (Å²) < 4.78 is 5.73. The number of rotatable bonds is 3. The Balaban J connectivity index is 1.59. The van der Waals surface area contributed by atoms with E-state index in [1.807, 2.05) is 18.3 Å². The van der Waals surface area contributed by atoms with Crippen LogP contribution in [0.15, 0.2) is 30.5 Å². The van der Waals surface area contributed by atoms with Crippen LogP contribution in [0.2, 0.25) is 0 Å². The van der Waals surface area contributed by atoms with Crippen LogP contribution < -0.4 is 15.8 Å². The summed E-state index contributed by atoms with van der Waals surface area (Å²) in [4.78, 5) is 5.20. The highest BCUT2D eigenvalue weighted by molar-refractivity contribution is 7.15. The number of fused-ring (bicyclic) bond motifs is 1. The molecular formula is C13H15N3OS. The summed E-state index contributed by atoms with van der Waals surface area (Å²) in [5.41, 5.74) is 6.87. The number of nitrogens with one attached hydrogen (secondary N) is 1. The second kappa shape index (κ2) is 4.96. The van der Waals surface area contributed by atoms with Gasteiger partial charge in [-0.05, 0) is 18.1 Å². The van der Waals surface area contributed by atoms with Crippen LogP contribution in [0.5, 0.6) is 5.75 Å². The topological polar surface area (TPSA) is 60.2 Å². The molecule has 3 rings (SSSR count). The number of anilines is 1. The third-order valence-electron chi connectivity index (χ3n) is 3.02. The van der Waals surface area contributed by atoms with E-state index in [2.05, 4.69) is 22.4 Å². The summed E-state index contributed by atoms with van der Waals surface area (Å²) in [6.07, 6.45) is 2.83. The second-order valence-corrected chi connectivity index (χ2v) is 5.51. The SMILES string of the molecule is Nc1ncc(CNC2COc3ccccc3C2)s1. The van der Waals surface area contributed by atoms with Crippen molar-refractivity contribution in [3.63, 3.8) is 0 Å². The molecule has 1 aliphatic rings. The highest BCUT2D eigenvalue weighted by Crippen LogP contribution is 2.24. The van der Waals surface area contributed by atoms with Crippen molar-refractivity contribution in [1.29, 1.82) is 0 Å². The standard InChI is InChI=1S/C13H15N3OS/c14-13-16-7-11(18-13)6-15-10-5-9-3-1-2-4-12(9)17-8-10/h1-4,7,10,15H,5-6,8H2,(H2,14,16). The van der Waals surface area contributed by atoms with Gasteiger partial charge in [-0.3, -0.25) is 0 Å². The second-order valence-electron chi connectivity index (χ2n) is 4.37. The molecule has 0 spiro atoms.